The predicted octanol–water partition coefficient (Wildman–Crippen LogP) is 0.616. The SMILES string of the molecule is CP1CCN1. The monoisotopic (exact) mass is 89.0 g/mol. The lowest BCUT2D eigenvalue weighted by Gasteiger charge is -2.22. The Morgan fingerprint density at radius 2 is 2.20 bits per heavy atom. The molecule has 0 radical (unpaired) electrons. The second-order valence-corrected chi connectivity index (χ2v) is 3.49. The van der Waals surface area contributed by atoms with E-state index in [4.69, 9.17) is 0 Å². The van der Waals surface area contributed by atoms with E-state index < -0.39 is 0 Å². The fraction of sp³-hybridized carbons (Fsp3) is 1.00. The van der Waals surface area contributed by atoms with Crippen LogP contribution in [-0.4, -0.2) is 19.4 Å². The van der Waals surface area contributed by atoms with Gasteiger partial charge in [0.15, 0.2) is 0 Å². The predicted molar refractivity (Wildman–Crippen MR) is 25.7 cm³/mol. The summed E-state index contributed by atoms with van der Waals surface area (Å²) in [6.07, 6.45) is 1.44. The van der Waals surface area contributed by atoms with Gasteiger partial charge in [0.1, 0.15) is 0 Å². The Morgan fingerprint density at radius 1 is 1.80 bits per heavy atom. The van der Waals surface area contributed by atoms with Crippen LogP contribution in [0.15, 0.2) is 0 Å². The van der Waals surface area contributed by atoms with Gasteiger partial charge < -0.3 is 0 Å². The summed E-state index contributed by atoms with van der Waals surface area (Å²) in [5.74, 6) is 0. The molecule has 1 N–H and O–H groups in total. The standard InChI is InChI=1S/C3H8NP/c1-5-3-2-4-5/h4H,2-3H2,1H3. The van der Waals surface area contributed by atoms with Crippen LogP contribution in [0.3, 0.4) is 0 Å². The van der Waals surface area contributed by atoms with Crippen LogP contribution in [0, 0.1) is 0 Å². The summed E-state index contributed by atoms with van der Waals surface area (Å²) in [7, 11) is 0.332. The van der Waals surface area contributed by atoms with E-state index in [2.05, 4.69) is 11.8 Å². The van der Waals surface area contributed by atoms with Gasteiger partial charge in [0.05, 0.1) is 0 Å². The number of rotatable bonds is 0. The van der Waals surface area contributed by atoms with Crippen molar-refractivity contribution in [3.05, 3.63) is 0 Å². The number of nitrogens with one attached hydrogen (secondary N) is 1. The molecule has 5 heavy (non-hydrogen) atoms. The van der Waals surface area contributed by atoms with Crippen LogP contribution < -0.4 is 5.09 Å². The minimum atomic E-state index is 0.332. The van der Waals surface area contributed by atoms with Crippen molar-refractivity contribution in [2.24, 2.45) is 0 Å². The maximum absolute atomic E-state index is 3.27. The molecule has 1 aliphatic heterocycles. The summed E-state index contributed by atoms with van der Waals surface area (Å²) < 4.78 is 0. The highest BCUT2D eigenvalue weighted by Gasteiger charge is 2.06. The third kappa shape index (κ3) is 0.614. The molecule has 0 spiro atoms. The van der Waals surface area contributed by atoms with E-state index in [-0.39, 0.29) is 0 Å². The summed E-state index contributed by atoms with van der Waals surface area (Å²) in [6.45, 7) is 3.53. The van der Waals surface area contributed by atoms with Crippen LogP contribution >= 0.6 is 8.07 Å². The molecule has 1 unspecified atom stereocenters. The van der Waals surface area contributed by atoms with Gasteiger partial charge in [0.25, 0.3) is 0 Å². The Bertz CT molecular complexity index is 33.9. The molecule has 0 amide bonds. The molecule has 0 bridgehead atoms. The van der Waals surface area contributed by atoms with Gasteiger partial charge in [-0.25, -0.2) is 0 Å². The van der Waals surface area contributed by atoms with Gasteiger partial charge >= 0.3 is 0 Å². The lowest BCUT2D eigenvalue weighted by molar-refractivity contribution is 0.939. The highest BCUT2D eigenvalue weighted by atomic mass is 31.1. The minimum Gasteiger partial charge on any atom is -0.295 e. The van der Waals surface area contributed by atoms with Crippen LogP contribution in [0.1, 0.15) is 0 Å². The van der Waals surface area contributed by atoms with Crippen LogP contribution in [-0.2, 0) is 0 Å². The first kappa shape index (κ1) is 3.58. The summed E-state index contributed by atoms with van der Waals surface area (Å²) >= 11 is 0. The van der Waals surface area contributed by atoms with Gasteiger partial charge in [-0.05, 0) is 20.9 Å². The molecule has 0 aromatic heterocycles. The molecule has 0 aromatic rings. The maximum Gasteiger partial charge on any atom is 0.00411 e. The van der Waals surface area contributed by atoms with E-state index in [0.717, 1.165) is 0 Å². The molecule has 0 saturated carbocycles. The Morgan fingerprint density at radius 3 is 2.20 bits per heavy atom. The average Bonchev–Trinajstić information content (AvgIpc) is 1.30. The second-order valence-electron chi connectivity index (χ2n) is 1.33. The van der Waals surface area contributed by atoms with Gasteiger partial charge in [0, 0.05) is 6.54 Å². The fourth-order valence-corrected chi connectivity index (χ4v) is 1.01. The van der Waals surface area contributed by atoms with Crippen LogP contribution in [0.2, 0.25) is 0 Å². The molecular formula is C3H8NP. The first-order chi connectivity index (χ1) is 2.39. The van der Waals surface area contributed by atoms with Crippen molar-refractivity contribution in [2.45, 2.75) is 0 Å². The summed E-state index contributed by atoms with van der Waals surface area (Å²) in [4.78, 5) is 0. The van der Waals surface area contributed by atoms with Crippen molar-refractivity contribution in [1.29, 1.82) is 0 Å². The fourth-order valence-electron chi connectivity index (χ4n) is 0.335. The van der Waals surface area contributed by atoms with Crippen molar-refractivity contribution >= 4 is 8.07 Å². The van der Waals surface area contributed by atoms with E-state index >= 15 is 0 Å². The zero-order valence-corrected chi connectivity index (χ0v) is 4.26. The molecule has 1 heterocycles. The van der Waals surface area contributed by atoms with Crippen LogP contribution in [0.25, 0.3) is 0 Å². The van der Waals surface area contributed by atoms with E-state index in [0.29, 0.717) is 8.07 Å². The van der Waals surface area contributed by atoms with Gasteiger partial charge in [-0.1, -0.05) is 0 Å². The maximum atomic E-state index is 3.27. The zero-order chi connectivity index (χ0) is 3.70. The molecule has 1 saturated heterocycles. The first-order valence-corrected chi connectivity index (χ1v) is 3.81. The van der Waals surface area contributed by atoms with Crippen molar-refractivity contribution < 1.29 is 0 Å². The third-order valence-electron chi connectivity index (χ3n) is 0.829. The van der Waals surface area contributed by atoms with Gasteiger partial charge in [-0.2, -0.15) is 0 Å². The lowest BCUT2D eigenvalue weighted by Crippen LogP contribution is -2.24. The molecular weight excluding hydrogens is 81.0 g/mol. The molecule has 1 fully saturated rings. The molecule has 1 aliphatic rings. The quantitative estimate of drug-likeness (QED) is 0.429. The van der Waals surface area contributed by atoms with E-state index in [1.165, 1.54) is 12.7 Å². The summed E-state index contributed by atoms with van der Waals surface area (Å²) in [6, 6.07) is 0. The van der Waals surface area contributed by atoms with Gasteiger partial charge in [-0.3, -0.25) is 5.09 Å². The molecule has 30 valence electrons. The summed E-state index contributed by atoms with van der Waals surface area (Å²) in [5.41, 5.74) is 0. The smallest absolute Gasteiger partial charge is 0.00411 e. The Labute approximate surface area is 33.6 Å². The van der Waals surface area contributed by atoms with Crippen molar-refractivity contribution in [2.75, 3.05) is 19.4 Å². The Hall–Kier alpha value is 0.390. The van der Waals surface area contributed by atoms with Crippen molar-refractivity contribution in [3.8, 4) is 0 Å². The Balaban J connectivity index is 2.08. The van der Waals surface area contributed by atoms with E-state index in [9.17, 15) is 0 Å². The summed E-state index contributed by atoms with van der Waals surface area (Å²) in [5, 5.41) is 3.27. The molecule has 1 rings (SSSR count). The Kier molecular flexibility index (Phi) is 0.884. The highest BCUT2D eigenvalue weighted by Crippen LogP contribution is 2.30. The zero-order valence-electron chi connectivity index (χ0n) is 3.36. The van der Waals surface area contributed by atoms with E-state index in [1.54, 1.807) is 0 Å². The minimum absolute atomic E-state index is 0.332. The second kappa shape index (κ2) is 1.24. The molecule has 2 heteroatoms. The van der Waals surface area contributed by atoms with E-state index in [1.807, 2.05) is 0 Å². The third-order valence-corrected chi connectivity index (χ3v) is 2.49. The van der Waals surface area contributed by atoms with Crippen molar-refractivity contribution in [3.63, 3.8) is 0 Å². The van der Waals surface area contributed by atoms with Crippen LogP contribution in [0.5, 0.6) is 0 Å². The van der Waals surface area contributed by atoms with Gasteiger partial charge in [0.2, 0.25) is 0 Å². The molecule has 1 atom stereocenters. The highest BCUT2D eigenvalue weighted by molar-refractivity contribution is 7.56. The largest absolute Gasteiger partial charge is 0.295 e. The number of hydrogen-bond donors (Lipinski definition) is 1. The van der Waals surface area contributed by atoms with Crippen molar-refractivity contribution in [1.82, 2.24) is 5.09 Å². The lowest BCUT2D eigenvalue weighted by atomic mass is 10.8. The molecule has 0 aromatic carbocycles. The topological polar surface area (TPSA) is 12.0 Å². The average molecular weight is 89.1 g/mol. The first-order valence-electron chi connectivity index (χ1n) is 1.84. The normalized spacial score (nSPS) is 36.6. The van der Waals surface area contributed by atoms with Crippen LogP contribution in [0.4, 0.5) is 0 Å². The molecule has 0 aliphatic carbocycles. The number of hydrogen-bond acceptors (Lipinski definition) is 1. The molecule has 1 nitrogen and oxygen atoms in total. The van der Waals surface area contributed by atoms with Gasteiger partial charge in [-0.15, -0.1) is 0 Å².